The number of aromatic nitrogens is 2. The number of hydroxylamine groups is 1. The largest absolute Gasteiger partial charge is 0.493 e. The molecule has 7 heteroatoms. The van der Waals surface area contributed by atoms with E-state index in [0.717, 1.165) is 15.7 Å². The summed E-state index contributed by atoms with van der Waals surface area (Å²) in [5.74, 6) is -1.06. The number of nitrogens with one attached hydrogen (secondary N) is 2. The van der Waals surface area contributed by atoms with Crippen molar-refractivity contribution < 1.29 is 15.1 Å². The number of carbonyl (C=O) groups is 1. The number of aromatic hydroxyl groups is 1. The first-order chi connectivity index (χ1) is 13.1. The molecule has 0 unspecified atom stereocenters. The summed E-state index contributed by atoms with van der Waals surface area (Å²) < 4.78 is 0.985. The predicted molar refractivity (Wildman–Crippen MR) is 99.7 cm³/mol. The van der Waals surface area contributed by atoms with E-state index >= 15 is 0 Å². The molecule has 140 valence electrons. The van der Waals surface area contributed by atoms with Gasteiger partial charge in [-0.25, -0.2) is 14.8 Å². The zero-order valence-corrected chi connectivity index (χ0v) is 14.6. The Bertz CT molecular complexity index is 948. The molecule has 0 saturated carbocycles. The third-order valence-corrected chi connectivity index (χ3v) is 4.48. The predicted octanol–water partition coefficient (Wildman–Crippen LogP) is 1.96. The van der Waals surface area contributed by atoms with Gasteiger partial charge in [0, 0.05) is 6.42 Å². The van der Waals surface area contributed by atoms with Gasteiger partial charge in [-0.3, -0.25) is 10.0 Å². The van der Waals surface area contributed by atoms with Crippen LogP contribution in [0.3, 0.4) is 0 Å². The Balaban J connectivity index is 1.87. The summed E-state index contributed by atoms with van der Waals surface area (Å²) in [6, 6.07) is 17.7. The van der Waals surface area contributed by atoms with Gasteiger partial charge in [0.1, 0.15) is 6.04 Å². The van der Waals surface area contributed by atoms with E-state index in [4.69, 9.17) is 5.21 Å². The van der Waals surface area contributed by atoms with Crippen molar-refractivity contribution in [2.24, 2.45) is 0 Å². The van der Waals surface area contributed by atoms with Gasteiger partial charge in [-0.1, -0.05) is 60.7 Å². The SMILES string of the molecule is O=C(NO)[C@@H](Cc1ccccc1)n1c(O)c(CCc2ccccc2)[nH]c1=O. The summed E-state index contributed by atoms with van der Waals surface area (Å²) in [6.07, 6.45) is 1.19. The molecule has 1 aromatic heterocycles. The Morgan fingerprint density at radius 2 is 1.59 bits per heavy atom. The summed E-state index contributed by atoms with van der Waals surface area (Å²) in [4.78, 5) is 27.2. The average molecular weight is 367 g/mol. The van der Waals surface area contributed by atoms with Crippen LogP contribution in [0.5, 0.6) is 5.88 Å². The molecule has 2 aromatic carbocycles. The third-order valence-electron chi connectivity index (χ3n) is 4.48. The first kappa shape index (κ1) is 18.5. The van der Waals surface area contributed by atoms with E-state index in [-0.39, 0.29) is 12.3 Å². The van der Waals surface area contributed by atoms with Gasteiger partial charge >= 0.3 is 5.69 Å². The Kier molecular flexibility index (Phi) is 5.73. The van der Waals surface area contributed by atoms with Crippen LogP contribution >= 0.6 is 0 Å². The fourth-order valence-corrected chi connectivity index (χ4v) is 3.08. The maximum absolute atomic E-state index is 12.4. The Morgan fingerprint density at radius 1 is 1.00 bits per heavy atom. The van der Waals surface area contributed by atoms with Crippen molar-refractivity contribution in [2.75, 3.05) is 0 Å². The number of imidazole rings is 1. The van der Waals surface area contributed by atoms with Gasteiger partial charge in [-0.15, -0.1) is 0 Å². The van der Waals surface area contributed by atoms with Crippen molar-refractivity contribution in [3.8, 4) is 5.88 Å². The number of benzene rings is 2. The number of hydrogen-bond acceptors (Lipinski definition) is 4. The van der Waals surface area contributed by atoms with Crippen LogP contribution in [0.1, 0.15) is 22.9 Å². The highest BCUT2D eigenvalue weighted by molar-refractivity contribution is 5.79. The number of carbonyl (C=O) groups excluding carboxylic acids is 1. The van der Waals surface area contributed by atoms with Crippen LogP contribution in [0.15, 0.2) is 65.5 Å². The minimum atomic E-state index is -1.08. The third kappa shape index (κ3) is 4.27. The van der Waals surface area contributed by atoms with Crippen molar-refractivity contribution in [1.82, 2.24) is 15.0 Å². The van der Waals surface area contributed by atoms with E-state index in [1.807, 2.05) is 60.7 Å². The molecular formula is C20H21N3O4. The quantitative estimate of drug-likeness (QED) is 0.378. The van der Waals surface area contributed by atoms with Crippen LogP contribution in [0.4, 0.5) is 0 Å². The molecule has 3 rings (SSSR count). The minimum Gasteiger partial charge on any atom is -0.493 e. The van der Waals surface area contributed by atoms with E-state index < -0.39 is 17.6 Å². The molecule has 0 saturated heterocycles. The van der Waals surface area contributed by atoms with Crippen molar-refractivity contribution in [1.29, 1.82) is 0 Å². The fourth-order valence-electron chi connectivity index (χ4n) is 3.08. The van der Waals surface area contributed by atoms with Crippen molar-refractivity contribution >= 4 is 5.91 Å². The normalized spacial score (nSPS) is 11.9. The topological polar surface area (TPSA) is 107 Å². The summed E-state index contributed by atoms with van der Waals surface area (Å²) in [5, 5.41) is 19.6. The van der Waals surface area contributed by atoms with Crippen LogP contribution < -0.4 is 11.2 Å². The van der Waals surface area contributed by atoms with Crippen LogP contribution in [-0.2, 0) is 24.1 Å². The molecule has 1 heterocycles. The maximum atomic E-state index is 12.4. The number of rotatable bonds is 7. The average Bonchev–Trinajstić information content (AvgIpc) is 2.99. The molecule has 4 N–H and O–H groups in total. The standard InChI is InChI=1S/C20H21N3O4/c24-18(22-27)17(13-15-9-5-2-6-10-15)23-19(25)16(21-20(23)26)12-11-14-7-3-1-4-8-14/h1-10,17,25,27H,11-13H2,(H,21,26)(H,22,24)/t17-/m1/s1. The number of hydrogen-bond donors (Lipinski definition) is 4. The summed E-state index contributed by atoms with van der Waals surface area (Å²) >= 11 is 0. The summed E-state index contributed by atoms with van der Waals surface area (Å²) in [5.41, 5.74) is 3.20. The van der Waals surface area contributed by atoms with E-state index in [0.29, 0.717) is 18.5 Å². The summed E-state index contributed by atoms with van der Waals surface area (Å²) in [7, 11) is 0. The lowest BCUT2D eigenvalue weighted by atomic mass is 10.1. The molecule has 1 amide bonds. The van der Waals surface area contributed by atoms with Gasteiger partial charge in [0.05, 0.1) is 5.69 Å². The second-order valence-corrected chi connectivity index (χ2v) is 6.27. The highest BCUT2D eigenvalue weighted by Crippen LogP contribution is 2.23. The molecule has 3 aromatic rings. The first-order valence-corrected chi connectivity index (χ1v) is 8.64. The molecular weight excluding hydrogens is 346 g/mol. The molecule has 1 atom stereocenters. The molecule has 0 aliphatic rings. The van der Waals surface area contributed by atoms with Gasteiger partial charge < -0.3 is 10.1 Å². The number of nitrogens with zero attached hydrogens (tertiary/aromatic N) is 1. The molecule has 7 nitrogen and oxygen atoms in total. The lowest BCUT2D eigenvalue weighted by molar-refractivity contribution is -0.132. The first-order valence-electron chi connectivity index (χ1n) is 8.64. The maximum Gasteiger partial charge on any atom is 0.329 e. The summed E-state index contributed by atoms with van der Waals surface area (Å²) in [6.45, 7) is 0. The molecule has 0 bridgehead atoms. The van der Waals surface area contributed by atoms with Crippen molar-refractivity contribution in [3.05, 3.63) is 88.0 Å². The highest BCUT2D eigenvalue weighted by Gasteiger charge is 2.27. The Morgan fingerprint density at radius 3 is 2.19 bits per heavy atom. The van der Waals surface area contributed by atoms with Crippen LogP contribution in [0, 0.1) is 0 Å². The fraction of sp³-hybridized carbons (Fsp3) is 0.200. The molecule has 0 aliphatic heterocycles. The number of aryl methyl sites for hydroxylation is 2. The molecule has 27 heavy (non-hydrogen) atoms. The van der Waals surface area contributed by atoms with Gasteiger partial charge in [0.25, 0.3) is 5.91 Å². The van der Waals surface area contributed by atoms with E-state index in [1.54, 1.807) is 5.48 Å². The van der Waals surface area contributed by atoms with Crippen molar-refractivity contribution in [3.63, 3.8) is 0 Å². The monoisotopic (exact) mass is 367 g/mol. The lowest BCUT2D eigenvalue weighted by Crippen LogP contribution is -2.36. The van der Waals surface area contributed by atoms with E-state index in [1.165, 1.54) is 0 Å². The number of aromatic amines is 1. The van der Waals surface area contributed by atoms with Crippen LogP contribution in [-0.4, -0.2) is 25.8 Å². The van der Waals surface area contributed by atoms with Crippen LogP contribution in [0.25, 0.3) is 0 Å². The van der Waals surface area contributed by atoms with Gasteiger partial charge in [0.2, 0.25) is 5.88 Å². The Hall–Kier alpha value is -3.32. The van der Waals surface area contributed by atoms with E-state index in [2.05, 4.69) is 4.98 Å². The minimum absolute atomic E-state index is 0.149. The second-order valence-electron chi connectivity index (χ2n) is 6.27. The van der Waals surface area contributed by atoms with Gasteiger partial charge in [-0.2, -0.15) is 0 Å². The molecule has 0 spiro atoms. The zero-order valence-electron chi connectivity index (χ0n) is 14.6. The van der Waals surface area contributed by atoms with E-state index in [9.17, 15) is 14.7 Å². The van der Waals surface area contributed by atoms with Gasteiger partial charge in [-0.05, 0) is 24.0 Å². The zero-order chi connectivity index (χ0) is 19.2. The van der Waals surface area contributed by atoms with Crippen molar-refractivity contribution in [2.45, 2.75) is 25.3 Å². The molecule has 0 aliphatic carbocycles. The Labute approximate surface area is 155 Å². The number of amides is 1. The van der Waals surface area contributed by atoms with Gasteiger partial charge in [0.15, 0.2) is 0 Å². The molecule has 0 fully saturated rings. The number of H-pyrrole nitrogens is 1. The molecule has 0 radical (unpaired) electrons. The lowest BCUT2D eigenvalue weighted by Gasteiger charge is -2.16. The highest BCUT2D eigenvalue weighted by atomic mass is 16.5. The van der Waals surface area contributed by atoms with Crippen LogP contribution in [0.2, 0.25) is 0 Å². The second kappa shape index (κ2) is 8.37. The smallest absolute Gasteiger partial charge is 0.329 e.